The highest BCUT2D eigenvalue weighted by atomic mass is 16.6. The van der Waals surface area contributed by atoms with Gasteiger partial charge in [0, 0.05) is 36.4 Å². The van der Waals surface area contributed by atoms with Gasteiger partial charge in [-0.25, -0.2) is 4.79 Å². The quantitative estimate of drug-likeness (QED) is 0.126. The van der Waals surface area contributed by atoms with E-state index in [0.717, 1.165) is 22.5 Å². The zero-order chi connectivity index (χ0) is 32.2. The molecule has 0 bridgehead atoms. The van der Waals surface area contributed by atoms with Crippen LogP contribution in [0.3, 0.4) is 0 Å². The molecule has 2 amide bonds. The molecule has 0 unspecified atom stereocenters. The maximum absolute atomic E-state index is 12.8. The fourth-order valence-corrected chi connectivity index (χ4v) is 5.65. The first-order chi connectivity index (χ1) is 21.5. The first-order valence-electron chi connectivity index (χ1n) is 15.2. The molecule has 7 heteroatoms. The molecule has 0 radical (unpaired) electrons. The predicted molar refractivity (Wildman–Crippen MR) is 182 cm³/mol. The lowest BCUT2D eigenvalue weighted by Crippen LogP contribution is -2.41. The molecule has 46 heavy (non-hydrogen) atoms. The van der Waals surface area contributed by atoms with Crippen LogP contribution in [-0.2, 0) is 14.3 Å². The zero-order valence-electron chi connectivity index (χ0n) is 26.2. The van der Waals surface area contributed by atoms with Crippen LogP contribution in [0.15, 0.2) is 109 Å². The number of ketones is 1. The van der Waals surface area contributed by atoms with Gasteiger partial charge in [0.1, 0.15) is 5.41 Å². The number of rotatable bonds is 6. The van der Waals surface area contributed by atoms with Crippen LogP contribution in [0.1, 0.15) is 66.0 Å². The summed E-state index contributed by atoms with van der Waals surface area (Å²) < 4.78 is 5.54. The van der Waals surface area contributed by atoms with Gasteiger partial charge in [-0.2, -0.15) is 0 Å². The van der Waals surface area contributed by atoms with Crippen molar-refractivity contribution in [1.82, 2.24) is 0 Å². The number of ether oxygens (including phenoxy) is 1. The smallest absolute Gasteiger partial charge is 0.339 e. The number of carbonyl (C=O) groups excluding carboxylic acids is 4. The van der Waals surface area contributed by atoms with E-state index in [0.29, 0.717) is 37.1 Å². The Hall–Kier alpha value is -5.04. The zero-order valence-corrected chi connectivity index (χ0v) is 26.2. The van der Waals surface area contributed by atoms with Crippen LogP contribution in [0.5, 0.6) is 0 Å². The summed E-state index contributed by atoms with van der Waals surface area (Å²) in [5, 5.41) is 0. The van der Waals surface area contributed by atoms with E-state index in [1.54, 1.807) is 60.0 Å². The fraction of sp³-hybridized carbons (Fsp3) is 0.282. The Bertz CT molecular complexity index is 1690. The Balaban J connectivity index is 0.000000205. The van der Waals surface area contributed by atoms with Gasteiger partial charge >= 0.3 is 5.97 Å². The summed E-state index contributed by atoms with van der Waals surface area (Å²) in [5.41, 5.74) is 2.96. The molecule has 4 aromatic rings. The molecule has 6 rings (SSSR count). The number of amides is 2. The Labute approximate surface area is 271 Å². The topological polar surface area (TPSA) is 84.0 Å². The molecule has 0 spiro atoms. The molecule has 0 saturated carbocycles. The number of benzene rings is 4. The summed E-state index contributed by atoms with van der Waals surface area (Å²) in [5.74, 6) is -0.837. The predicted octanol–water partition coefficient (Wildman–Crippen LogP) is 7.60. The highest BCUT2D eigenvalue weighted by Gasteiger charge is 2.49. The number of carbonyl (C=O) groups is 4. The molecule has 2 aliphatic heterocycles. The summed E-state index contributed by atoms with van der Waals surface area (Å²) in [4.78, 5) is 54.0. The van der Waals surface area contributed by atoms with Crippen molar-refractivity contribution in [3.8, 4) is 0 Å². The van der Waals surface area contributed by atoms with E-state index < -0.39 is 17.0 Å². The van der Waals surface area contributed by atoms with Crippen molar-refractivity contribution in [3.05, 3.63) is 131 Å². The Morgan fingerprint density at radius 2 is 1.04 bits per heavy atom. The third kappa shape index (κ3) is 6.94. The van der Waals surface area contributed by atoms with Gasteiger partial charge in [-0.3, -0.25) is 14.4 Å². The van der Waals surface area contributed by atoms with Crippen LogP contribution in [0.2, 0.25) is 0 Å². The molecular weight excluding hydrogens is 576 g/mol. The van der Waals surface area contributed by atoms with Gasteiger partial charge in [-0.05, 0) is 70.5 Å². The number of nitrogens with zero attached hydrogens (tertiary/aromatic N) is 2. The monoisotopic (exact) mass is 618 g/mol. The van der Waals surface area contributed by atoms with Gasteiger partial charge in [0.15, 0.2) is 11.4 Å². The molecular formula is C39H42N2O5. The van der Waals surface area contributed by atoms with Gasteiger partial charge in [-0.1, -0.05) is 91.3 Å². The van der Waals surface area contributed by atoms with Gasteiger partial charge in [-0.15, -0.1) is 0 Å². The SMILES string of the molecule is C.Cc1ccc(N2CC[C@@](C)(C(=O)c3ccccc3)C2=O)cc1.Cc1ccc(N2CC[C@@](C)(OC(=O)c3ccccc3)C2=O)cc1. The summed E-state index contributed by atoms with van der Waals surface area (Å²) in [6, 6.07) is 33.4. The number of anilines is 2. The molecule has 2 saturated heterocycles. The van der Waals surface area contributed by atoms with Gasteiger partial charge in [0.2, 0.25) is 5.91 Å². The molecule has 2 aliphatic rings. The minimum atomic E-state index is -1.11. The number of Topliss-reactive ketones (excluding diaryl/α,β-unsaturated/α-hetero) is 1. The van der Waals surface area contributed by atoms with Crippen molar-refractivity contribution in [2.45, 2.75) is 53.6 Å². The molecule has 2 atom stereocenters. The second kappa shape index (κ2) is 13.9. The Morgan fingerprint density at radius 1 is 0.609 bits per heavy atom. The van der Waals surface area contributed by atoms with Crippen molar-refractivity contribution in [3.63, 3.8) is 0 Å². The van der Waals surface area contributed by atoms with Crippen LogP contribution in [-0.4, -0.2) is 42.3 Å². The van der Waals surface area contributed by atoms with Crippen LogP contribution in [0.4, 0.5) is 11.4 Å². The molecule has 2 fully saturated rings. The van der Waals surface area contributed by atoms with Gasteiger partial charge in [0.25, 0.3) is 5.91 Å². The second-order valence-electron chi connectivity index (χ2n) is 12.1. The molecule has 4 aromatic carbocycles. The third-order valence-corrected chi connectivity index (χ3v) is 8.62. The molecule has 238 valence electrons. The molecule has 7 nitrogen and oxygen atoms in total. The van der Waals surface area contributed by atoms with Crippen molar-refractivity contribution < 1.29 is 23.9 Å². The van der Waals surface area contributed by atoms with E-state index in [9.17, 15) is 19.2 Å². The third-order valence-electron chi connectivity index (χ3n) is 8.62. The largest absolute Gasteiger partial charge is 0.446 e. The second-order valence-corrected chi connectivity index (χ2v) is 12.1. The average Bonchev–Trinajstić information content (AvgIpc) is 3.53. The summed E-state index contributed by atoms with van der Waals surface area (Å²) in [6.07, 6.45) is 1.03. The maximum atomic E-state index is 12.8. The van der Waals surface area contributed by atoms with Crippen molar-refractivity contribution in [1.29, 1.82) is 0 Å². The minimum absolute atomic E-state index is 0. The van der Waals surface area contributed by atoms with Crippen LogP contribution in [0.25, 0.3) is 0 Å². The standard InChI is InChI=1S/C19H19NO3.C19H19NO2.CH4/c1-14-8-10-16(11-9-14)20-13-12-19(2,18(20)22)23-17(21)15-6-4-3-5-7-15;1-14-8-10-16(11-9-14)20-13-12-19(2,18(20)22)17(21)15-6-4-3-5-7-15;/h3-11H,12-13H2,1-2H3;3-11H,12-13H2,1-2H3;1H4/t2*19-;/m10./s1. The van der Waals surface area contributed by atoms with E-state index >= 15 is 0 Å². The first kappa shape index (κ1) is 33.8. The number of hydrogen-bond donors (Lipinski definition) is 0. The lowest BCUT2D eigenvalue weighted by atomic mass is 9.81. The molecule has 0 aromatic heterocycles. The molecule has 0 aliphatic carbocycles. The van der Waals surface area contributed by atoms with Crippen molar-refractivity contribution >= 4 is 34.9 Å². The fourth-order valence-electron chi connectivity index (χ4n) is 5.65. The summed E-state index contributed by atoms with van der Waals surface area (Å²) >= 11 is 0. The van der Waals surface area contributed by atoms with Gasteiger partial charge < -0.3 is 14.5 Å². The Morgan fingerprint density at radius 3 is 1.54 bits per heavy atom. The lowest BCUT2D eigenvalue weighted by Gasteiger charge is -2.24. The molecule has 0 N–H and O–H groups in total. The van der Waals surface area contributed by atoms with E-state index in [4.69, 9.17) is 4.74 Å². The molecule has 2 heterocycles. The lowest BCUT2D eigenvalue weighted by molar-refractivity contribution is -0.132. The van der Waals surface area contributed by atoms with E-state index in [1.165, 1.54) is 0 Å². The normalized spacial score (nSPS) is 20.4. The minimum Gasteiger partial charge on any atom is -0.446 e. The average molecular weight is 619 g/mol. The van der Waals surface area contributed by atoms with Crippen molar-refractivity contribution in [2.75, 3.05) is 22.9 Å². The van der Waals surface area contributed by atoms with E-state index in [2.05, 4.69) is 0 Å². The number of hydrogen-bond acceptors (Lipinski definition) is 5. The van der Waals surface area contributed by atoms with E-state index in [1.807, 2.05) is 86.6 Å². The van der Waals surface area contributed by atoms with E-state index in [-0.39, 0.29) is 25.0 Å². The number of esters is 1. The number of aryl methyl sites for hydroxylation is 2. The highest BCUT2D eigenvalue weighted by Crippen LogP contribution is 2.37. The van der Waals surface area contributed by atoms with Crippen molar-refractivity contribution in [2.24, 2.45) is 5.41 Å². The van der Waals surface area contributed by atoms with Gasteiger partial charge in [0.05, 0.1) is 5.56 Å². The maximum Gasteiger partial charge on any atom is 0.339 e. The van der Waals surface area contributed by atoms with Crippen LogP contribution in [0, 0.1) is 19.3 Å². The highest BCUT2D eigenvalue weighted by molar-refractivity contribution is 6.19. The van der Waals surface area contributed by atoms with Crippen LogP contribution < -0.4 is 9.80 Å². The summed E-state index contributed by atoms with van der Waals surface area (Å²) in [6.45, 7) is 8.58. The van der Waals surface area contributed by atoms with Crippen LogP contribution >= 0.6 is 0 Å². The Kier molecular flexibility index (Phi) is 10.3. The first-order valence-corrected chi connectivity index (χ1v) is 15.2. The summed E-state index contributed by atoms with van der Waals surface area (Å²) in [7, 11) is 0.